The van der Waals surface area contributed by atoms with Gasteiger partial charge in [-0.2, -0.15) is 16.4 Å². The molecule has 0 aliphatic heterocycles. The highest BCUT2D eigenvalue weighted by atomic mass is 32.1. The lowest BCUT2D eigenvalue weighted by atomic mass is 9.97. The quantitative estimate of drug-likeness (QED) is 0.441. The standard InChI is InChI=1S/C22H19N3OS/c26-22(10-5-7-17-6-3-4-12-23-17)19-9-2-1-8-18(19)21-14-20(24-25-21)16-11-13-27-15-16/h1-4,6,8-9,11-15H,5,7,10H2,(H,24,25). The summed E-state index contributed by atoms with van der Waals surface area (Å²) in [5.41, 5.74) is 5.50. The van der Waals surface area contributed by atoms with Crippen molar-refractivity contribution in [3.63, 3.8) is 0 Å². The van der Waals surface area contributed by atoms with E-state index in [4.69, 9.17) is 0 Å². The van der Waals surface area contributed by atoms with Gasteiger partial charge in [-0.3, -0.25) is 14.9 Å². The number of H-pyrrole nitrogens is 1. The molecule has 0 saturated heterocycles. The molecule has 0 unspecified atom stereocenters. The van der Waals surface area contributed by atoms with Crippen molar-refractivity contribution in [3.8, 4) is 22.5 Å². The fraction of sp³-hybridized carbons (Fsp3) is 0.136. The molecule has 4 nitrogen and oxygen atoms in total. The molecule has 0 bridgehead atoms. The Kier molecular flexibility index (Phi) is 5.21. The minimum atomic E-state index is 0.146. The summed E-state index contributed by atoms with van der Waals surface area (Å²) >= 11 is 1.64. The summed E-state index contributed by atoms with van der Waals surface area (Å²) in [6.45, 7) is 0. The molecule has 4 rings (SSSR count). The van der Waals surface area contributed by atoms with Gasteiger partial charge in [-0.15, -0.1) is 0 Å². The smallest absolute Gasteiger partial charge is 0.163 e. The predicted molar refractivity (Wildman–Crippen MR) is 109 cm³/mol. The van der Waals surface area contributed by atoms with E-state index in [1.165, 1.54) is 0 Å². The molecular weight excluding hydrogens is 354 g/mol. The molecule has 0 radical (unpaired) electrons. The molecule has 1 aromatic carbocycles. The van der Waals surface area contributed by atoms with Gasteiger partial charge in [-0.25, -0.2) is 0 Å². The number of Topliss-reactive ketones (excluding diaryl/α,β-unsaturated/α-hetero) is 1. The topological polar surface area (TPSA) is 58.6 Å². The predicted octanol–water partition coefficient (Wildman–Crippen LogP) is 5.41. The fourth-order valence-electron chi connectivity index (χ4n) is 3.09. The summed E-state index contributed by atoms with van der Waals surface area (Å²) in [7, 11) is 0. The van der Waals surface area contributed by atoms with Gasteiger partial charge in [0.1, 0.15) is 0 Å². The highest BCUT2D eigenvalue weighted by molar-refractivity contribution is 7.08. The monoisotopic (exact) mass is 373 g/mol. The third-order valence-electron chi connectivity index (χ3n) is 4.48. The number of aromatic amines is 1. The summed E-state index contributed by atoms with van der Waals surface area (Å²) in [5.74, 6) is 0.146. The molecule has 0 amide bonds. The number of hydrogen-bond acceptors (Lipinski definition) is 4. The maximum absolute atomic E-state index is 12.8. The van der Waals surface area contributed by atoms with Crippen molar-refractivity contribution < 1.29 is 4.79 Å². The van der Waals surface area contributed by atoms with Gasteiger partial charge in [0, 0.05) is 40.4 Å². The number of benzene rings is 1. The molecule has 134 valence electrons. The van der Waals surface area contributed by atoms with Gasteiger partial charge >= 0.3 is 0 Å². The van der Waals surface area contributed by atoms with Crippen LogP contribution < -0.4 is 0 Å². The molecule has 3 heterocycles. The number of ketones is 1. The van der Waals surface area contributed by atoms with Crippen molar-refractivity contribution in [1.29, 1.82) is 0 Å². The van der Waals surface area contributed by atoms with Crippen molar-refractivity contribution in [2.75, 3.05) is 0 Å². The molecule has 3 aromatic heterocycles. The Morgan fingerprint density at radius 1 is 1.07 bits per heavy atom. The van der Waals surface area contributed by atoms with E-state index in [9.17, 15) is 4.79 Å². The van der Waals surface area contributed by atoms with Crippen LogP contribution in [-0.2, 0) is 6.42 Å². The first-order valence-electron chi connectivity index (χ1n) is 8.92. The van der Waals surface area contributed by atoms with Crippen molar-refractivity contribution >= 4 is 17.1 Å². The molecule has 0 aliphatic rings. The second-order valence-electron chi connectivity index (χ2n) is 6.32. The number of pyridine rings is 1. The summed E-state index contributed by atoms with van der Waals surface area (Å²) in [4.78, 5) is 17.1. The highest BCUT2D eigenvalue weighted by Gasteiger charge is 2.15. The average Bonchev–Trinajstić information content (AvgIpc) is 3.40. The van der Waals surface area contributed by atoms with Gasteiger partial charge in [0.15, 0.2) is 5.78 Å². The maximum Gasteiger partial charge on any atom is 0.163 e. The van der Waals surface area contributed by atoms with E-state index in [1.807, 2.05) is 60.0 Å². The lowest BCUT2D eigenvalue weighted by molar-refractivity contribution is 0.0980. The third kappa shape index (κ3) is 4.04. The Balaban J connectivity index is 1.50. The Morgan fingerprint density at radius 2 is 1.96 bits per heavy atom. The van der Waals surface area contributed by atoms with Crippen LogP contribution >= 0.6 is 11.3 Å². The number of carbonyl (C=O) groups is 1. The first kappa shape index (κ1) is 17.4. The normalized spacial score (nSPS) is 10.8. The van der Waals surface area contributed by atoms with Gasteiger partial charge in [-0.1, -0.05) is 30.3 Å². The maximum atomic E-state index is 12.8. The number of thiophene rings is 1. The molecule has 0 atom stereocenters. The zero-order valence-electron chi connectivity index (χ0n) is 14.8. The van der Waals surface area contributed by atoms with Crippen LogP contribution in [-0.4, -0.2) is 21.0 Å². The SMILES string of the molecule is O=C(CCCc1ccccn1)c1ccccc1-c1cc(-c2ccsc2)n[nH]1. The van der Waals surface area contributed by atoms with Crippen molar-refractivity contribution in [2.45, 2.75) is 19.3 Å². The number of nitrogens with one attached hydrogen (secondary N) is 1. The van der Waals surface area contributed by atoms with Crippen LogP contribution in [0.3, 0.4) is 0 Å². The van der Waals surface area contributed by atoms with Crippen LogP contribution in [0.25, 0.3) is 22.5 Å². The fourth-order valence-corrected chi connectivity index (χ4v) is 3.74. The Morgan fingerprint density at radius 3 is 2.78 bits per heavy atom. The number of aryl methyl sites for hydroxylation is 1. The van der Waals surface area contributed by atoms with Gasteiger partial charge in [-0.05, 0) is 42.5 Å². The summed E-state index contributed by atoms with van der Waals surface area (Å²) in [5, 5.41) is 11.6. The highest BCUT2D eigenvalue weighted by Crippen LogP contribution is 2.28. The van der Waals surface area contributed by atoms with E-state index < -0.39 is 0 Å². The second-order valence-corrected chi connectivity index (χ2v) is 7.10. The van der Waals surface area contributed by atoms with Crippen molar-refractivity contribution in [2.24, 2.45) is 0 Å². The van der Waals surface area contributed by atoms with Crippen LogP contribution in [0.5, 0.6) is 0 Å². The largest absolute Gasteiger partial charge is 0.294 e. The molecule has 0 fully saturated rings. The summed E-state index contributed by atoms with van der Waals surface area (Å²) in [6, 6.07) is 17.6. The molecule has 1 N–H and O–H groups in total. The number of nitrogens with zero attached hydrogens (tertiary/aromatic N) is 2. The summed E-state index contributed by atoms with van der Waals surface area (Å²) < 4.78 is 0. The first-order chi connectivity index (χ1) is 13.3. The molecular formula is C22H19N3OS. The number of rotatable bonds is 7. The van der Waals surface area contributed by atoms with Crippen molar-refractivity contribution in [3.05, 3.63) is 82.8 Å². The molecule has 0 saturated carbocycles. The van der Waals surface area contributed by atoms with E-state index in [0.29, 0.717) is 6.42 Å². The second kappa shape index (κ2) is 8.10. The van der Waals surface area contributed by atoms with Crippen LogP contribution in [0.4, 0.5) is 0 Å². The van der Waals surface area contributed by atoms with E-state index in [1.54, 1.807) is 17.5 Å². The molecule has 5 heteroatoms. The van der Waals surface area contributed by atoms with E-state index in [-0.39, 0.29) is 5.78 Å². The van der Waals surface area contributed by atoms with Gasteiger partial charge in [0.2, 0.25) is 0 Å². The third-order valence-corrected chi connectivity index (χ3v) is 5.16. The average molecular weight is 373 g/mol. The zero-order valence-corrected chi connectivity index (χ0v) is 15.6. The molecule has 0 spiro atoms. The van der Waals surface area contributed by atoms with Crippen LogP contribution in [0, 0.1) is 0 Å². The van der Waals surface area contributed by atoms with E-state index >= 15 is 0 Å². The van der Waals surface area contributed by atoms with Crippen molar-refractivity contribution in [1.82, 2.24) is 15.2 Å². The van der Waals surface area contributed by atoms with Gasteiger partial charge in [0.05, 0.1) is 11.4 Å². The lowest BCUT2D eigenvalue weighted by Gasteiger charge is -2.07. The minimum absolute atomic E-state index is 0.146. The lowest BCUT2D eigenvalue weighted by Crippen LogP contribution is -2.03. The Labute approximate surface area is 161 Å². The van der Waals surface area contributed by atoms with Crippen LogP contribution in [0.15, 0.2) is 71.6 Å². The van der Waals surface area contributed by atoms with Gasteiger partial charge < -0.3 is 0 Å². The number of carbonyl (C=O) groups excluding carboxylic acids is 1. The van der Waals surface area contributed by atoms with Gasteiger partial charge in [0.25, 0.3) is 0 Å². The minimum Gasteiger partial charge on any atom is -0.294 e. The van der Waals surface area contributed by atoms with E-state index in [2.05, 4.69) is 20.6 Å². The molecule has 4 aromatic rings. The molecule has 27 heavy (non-hydrogen) atoms. The number of aromatic nitrogens is 3. The zero-order chi connectivity index (χ0) is 18.5. The Bertz CT molecular complexity index is 1020. The Hall–Kier alpha value is -3.05. The molecule has 0 aliphatic carbocycles. The van der Waals surface area contributed by atoms with Crippen LogP contribution in [0.2, 0.25) is 0 Å². The number of hydrogen-bond donors (Lipinski definition) is 1. The van der Waals surface area contributed by atoms with E-state index in [0.717, 1.165) is 46.6 Å². The first-order valence-corrected chi connectivity index (χ1v) is 9.86. The summed E-state index contributed by atoms with van der Waals surface area (Å²) in [6.07, 6.45) is 3.88. The van der Waals surface area contributed by atoms with Crippen LogP contribution in [0.1, 0.15) is 28.9 Å².